The van der Waals surface area contributed by atoms with Crippen molar-refractivity contribution in [1.82, 2.24) is 0 Å². The second-order valence-electron chi connectivity index (χ2n) is 8.53. The predicted molar refractivity (Wildman–Crippen MR) is 152 cm³/mol. The zero-order valence-corrected chi connectivity index (χ0v) is 20.4. The Balaban J connectivity index is 1.70. The molecule has 0 aliphatic carbocycles. The molecule has 5 rings (SSSR count). The molecule has 0 heterocycles. The Labute approximate surface area is 203 Å². The topological polar surface area (TPSA) is 0 Å². The molecule has 5 aromatic rings. The minimum Gasteiger partial charge on any atom is -0.0622 e. The normalized spacial score (nSPS) is 11.2. The Kier molecular flexibility index (Phi) is 6.61. The maximum Gasteiger partial charge on any atom is -0.0160 e. The van der Waals surface area contributed by atoms with Crippen molar-refractivity contribution in [1.29, 1.82) is 0 Å². The van der Waals surface area contributed by atoms with Crippen LogP contribution in [0, 0.1) is 0 Å². The third-order valence-electron chi connectivity index (χ3n) is 6.44. The number of benzene rings is 5. The lowest BCUT2D eigenvalue weighted by atomic mass is 10.0. The third-order valence-corrected chi connectivity index (χ3v) is 10.5. The van der Waals surface area contributed by atoms with Crippen molar-refractivity contribution in [3.8, 4) is 11.1 Å². The quantitative estimate of drug-likeness (QED) is 0.240. The molecule has 0 radical (unpaired) electrons. The van der Waals surface area contributed by atoms with Gasteiger partial charge in [0.2, 0.25) is 0 Å². The molecule has 1 heteroatoms. The molecule has 0 atom stereocenters. The summed E-state index contributed by atoms with van der Waals surface area (Å²) in [6.07, 6.45) is 1.07. The molecule has 0 N–H and O–H groups in total. The molecule has 0 aliphatic rings. The summed E-state index contributed by atoms with van der Waals surface area (Å²) in [5, 5.41) is 4.10. The van der Waals surface area contributed by atoms with E-state index in [1.807, 2.05) is 0 Å². The summed E-state index contributed by atoms with van der Waals surface area (Å²) < 4.78 is 0. The molecule has 5 aromatic carbocycles. The molecule has 0 aromatic heterocycles. The van der Waals surface area contributed by atoms with Crippen molar-refractivity contribution in [3.63, 3.8) is 0 Å². The molecular formula is C33H29P. The molecule has 166 valence electrons. The first-order valence-electron chi connectivity index (χ1n) is 11.9. The molecule has 0 nitrogen and oxygen atoms in total. The van der Waals surface area contributed by atoms with Crippen LogP contribution in [-0.4, -0.2) is 5.80 Å². The SMILES string of the molecule is CCc1ccc(-c2ccc(C=P(c3ccccc3)(c3ccccc3)c3ccccc3)cc2)cc1. The molecule has 0 saturated heterocycles. The second-order valence-corrected chi connectivity index (χ2v) is 11.8. The lowest BCUT2D eigenvalue weighted by Gasteiger charge is -2.29. The van der Waals surface area contributed by atoms with Crippen LogP contribution in [0.25, 0.3) is 11.1 Å². The fourth-order valence-corrected chi connectivity index (χ4v) is 8.47. The zero-order chi connectivity index (χ0) is 23.2. The van der Waals surface area contributed by atoms with E-state index in [2.05, 4.69) is 152 Å². The van der Waals surface area contributed by atoms with Gasteiger partial charge in [0, 0.05) is 0 Å². The smallest absolute Gasteiger partial charge is 0.0160 e. The monoisotopic (exact) mass is 456 g/mol. The Hall–Kier alpha value is -3.60. The Morgan fingerprint density at radius 1 is 0.471 bits per heavy atom. The summed E-state index contributed by atoms with van der Waals surface area (Å²) in [4.78, 5) is 0. The van der Waals surface area contributed by atoms with Crippen molar-refractivity contribution >= 4 is 28.6 Å². The van der Waals surface area contributed by atoms with Crippen molar-refractivity contribution in [2.24, 2.45) is 0 Å². The fourth-order valence-electron chi connectivity index (χ4n) is 4.58. The summed E-state index contributed by atoms with van der Waals surface area (Å²) in [6, 6.07) is 50.9. The van der Waals surface area contributed by atoms with E-state index in [0.29, 0.717) is 0 Å². The van der Waals surface area contributed by atoms with E-state index in [4.69, 9.17) is 0 Å². The van der Waals surface area contributed by atoms with Crippen LogP contribution in [-0.2, 0) is 6.42 Å². The lowest BCUT2D eigenvalue weighted by molar-refractivity contribution is 1.14. The van der Waals surface area contributed by atoms with Crippen molar-refractivity contribution in [2.75, 3.05) is 0 Å². The second kappa shape index (κ2) is 10.1. The van der Waals surface area contributed by atoms with Gasteiger partial charge in [-0.15, -0.1) is 0 Å². The van der Waals surface area contributed by atoms with Gasteiger partial charge < -0.3 is 0 Å². The van der Waals surface area contributed by atoms with E-state index in [1.165, 1.54) is 38.2 Å². The van der Waals surface area contributed by atoms with Crippen molar-refractivity contribution in [3.05, 3.63) is 151 Å². The average Bonchev–Trinajstić information content (AvgIpc) is 2.94. The Bertz CT molecular complexity index is 1280. The third kappa shape index (κ3) is 4.43. The van der Waals surface area contributed by atoms with E-state index in [1.54, 1.807) is 0 Å². The molecule has 0 saturated carbocycles. The van der Waals surface area contributed by atoms with Gasteiger partial charge in [0.1, 0.15) is 0 Å². The van der Waals surface area contributed by atoms with Crippen LogP contribution in [0.5, 0.6) is 0 Å². The van der Waals surface area contributed by atoms with E-state index in [0.717, 1.165) is 6.42 Å². The van der Waals surface area contributed by atoms with E-state index in [-0.39, 0.29) is 0 Å². The summed E-state index contributed by atoms with van der Waals surface area (Å²) in [5.41, 5.74) is 5.14. The van der Waals surface area contributed by atoms with Crippen LogP contribution in [0.2, 0.25) is 0 Å². The van der Waals surface area contributed by atoms with Crippen molar-refractivity contribution in [2.45, 2.75) is 13.3 Å². The van der Waals surface area contributed by atoms with E-state index < -0.39 is 6.89 Å². The van der Waals surface area contributed by atoms with Gasteiger partial charge in [0.15, 0.2) is 0 Å². The van der Waals surface area contributed by atoms with Crippen LogP contribution in [0.1, 0.15) is 18.1 Å². The lowest BCUT2D eigenvalue weighted by Crippen LogP contribution is -2.27. The van der Waals surface area contributed by atoms with Gasteiger partial charge in [-0.1, -0.05) is 146 Å². The highest BCUT2D eigenvalue weighted by molar-refractivity contribution is 7.94. The maximum absolute atomic E-state index is 2.52. The molecule has 0 unspecified atom stereocenters. The van der Waals surface area contributed by atoms with Gasteiger partial charge in [-0.05, 0) is 57.3 Å². The van der Waals surface area contributed by atoms with Crippen LogP contribution in [0.15, 0.2) is 140 Å². The van der Waals surface area contributed by atoms with Gasteiger partial charge in [0.25, 0.3) is 0 Å². The first-order chi connectivity index (χ1) is 16.8. The summed E-state index contributed by atoms with van der Waals surface area (Å²) in [5.74, 6) is 2.52. The highest BCUT2D eigenvalue weighted by atomic mass is 31.2. The van der Waals surface area contributed by atoms with E-state index in [9.17, 15) is 0 Å². The molecule has 0 spiro atoms. The largest absolute Gasteiger partial charge is 0.0622 e. The van der Waals surface area contributed by atoms with Gasteiger partial charge >= 0.3 is 0 Å². The highest BCUT2D eigenvalue weighted by Gasteiger charge is 2.24. The predicted octanol–water partition coefficient (Wildman–Crippen LogP) is 7.06. The highest BCUT2D eigenvalue weighted by Crippen LogP contribution is 2.44. The first kappa shape index (κ1) is 22.2. The van der Waals surface area contributed by atoms with Gasteiger partial charge in [0.05, 0.1) is 0 Å². The van der Waals surface area contributed by atoms with Crippen LogP contribution >= 0.6 is 6.89 Å². The number of rotatable bonds is 6. The van der Waals surface area contributed by atoms with Crippen LogP contribution in [0.4, 0.5) is 0 Å². The molecule has 34 heavy (non-hydrogen) atoms. The molecular weight excluding hydrogens is 427 g/mol. The summed E-state index contributed by atoms with van der Waals surface area (Å²) in [7, 11) is 0. The molecule has 0 amide bonds. The van der Waals surface area contributed by atoms with Crippen LogP contribution in [0.3, 0.4) is 0 Å². The average molecular weight is 457 g/mol. The Morgan fingerprint density at radius 3 is 1.24 bits per heavy atom. The fraction of sp³-hybridized carbons (Fsp3) is 0.0606. The summed E-state index contributed by atoms with van der Waals surface area (Å²) in [6.45, 7) is 0.198. The molecule has 0 aliphatic heterocycles. The minimum absolute atomic E-state index is 1.07. The van der Waals surface area contributed by atoms with E-state index >= 15 is 0 Å². The maximum atomic E-state index is 2.52. The molecule has 0 fully saturated rings. The number of aryl methyl sites for hydroxylation is 1. The molecule has 0 bridgehead atoms. The van der Waals surface area contributed by atoms with Crippen molar-refractivity contribution < 1.29 is 0 Å². The zero-order valence-electron chi connectivity index (χ0n) is 19.5. The van der Waals surface area contributed by atoms with Gasteiger partial charge in [-0.25, -0.2) is 0 Å². The van der Waals surface area contributed by atoms with Gasteiger partial charge in [-0.2, -0.15) is 0 Å². The first-order valence-corrected chi connectivity index (χ1v) is 13.8. The minimum atomic E-state index is -2.00. The number of hydrogen-bond donors (Lipinski definition) is 0. The Morgan fingerprint density at radius 2 is 0.853 bits per heavy atom. The number of hydrogen-bond acceptors (Lipinski definition) is 0. The standard InChI is InChI=1S/C33H29P/c1-2-27-18-22-29(23-19-27)30-24-20-28(21-25-30)26-34(31-12-6-3-7-13-31,32-14-8-4-9-15-32)33-16-10-5-11-17-33/h3-26H,2H2,1H3. The van der Waals surface area contributed by atoms with Crippen LogP contribution < -0.4 is 15.9 Å². The summed E-state index contributed by atoms with van der Waals surface area (Å²) >= 11 is 0. The van der Waals surface area contributed by atoms with Gasteiger partial charge in [-0.3, -0.25) is 0 Å².